The number of nitrogens with one attached hydrogen (secondary N) is 2. The molecule has 2 N–H and O–H groups in total. The van der Waals surface area contributed by atoms with E-state index >= 15 is 0 Å². The number of para-hydroxylation sites is 1. The third-order valence-corrected chi connectivity index (χ3v) is 8.79. The van der Waals surface area contributed by atoms with Gasteiger partial charge in [0.2, 0.25) is 5.91 Å². The fourth-order valence-electron chi connectivity index (χ4n) is 6.41. The van der Waals surface area contributed by atoms with Gasteiger partial charge in [-0.15, -0.1) is 0 Å². The molecular formula is C29H31N3O2S. The molecule has 3 heterocycles. The quantitative estimate of drug-likeness (QED) is 0.491. The van der Waals surface area contributed by atoms with E-state index in [9.17, 15) is 9.59 Å². The topological polar surface area (TPSA) is 61.4 Å². The molecule has 0 radical (unpaired) electrons. The van der Waals surface area contributed by atoms with Crippen LogP contribution in [0.1, 0.15) is 65.7 Å². The smallest absolute Gasteiger partial charge is 0.251 e. The van der Waals surface area contributed by atoms with Crippen molar-refractivity contribution in [2.24, 2.45) is 11.8 Å². The van der Waals surface area contributed by atoms with Crippen molar-refractivity contribution in [2.75, 3.05) is 11.9 Å². The van der Waals surface area contributed by atoms with Crippen LogP contribution in [-0.2, 0) is 4.79 Å². The third kappa shape index (κ3) is 4.14. The van der Waals surface area contributed by atoms with Crippen molar-refractivity contribution in [3.63, 3.8) is 0 Å². The zero-order valence-electron chi connectivity index (χ0n) is 19.7. The molecule has 1 saturated heterocycles. The van der Waals surface area contributed by atoms with E-state index in [1.165, 1.54) is 11.1 Å². The zero-order chi connectivity index (χ0) is 23.8. The number of carbonyl (C=O) groups is 2. The van der Waals surface area contributed by atoms with Gasteiger partial charge in [-0.2, -0.15) is 11.3 Å². The molecule has 5 nitrogen and oxygen atoms in total. The van der Waals surface area contributed by atoms with Gasteiger partial charge in [0, 0.05) is 29.8 Å². The Morgan fingerprint density at radius 2 is 1.74 bits per heavy atom. The van der Waals surface area contributed by atoms with E-state index in [0.29, 0.717) is 11.5 Å². The number of hydrogen-bond acceptors (Lipinski definition) is 4. The Bertz CT molecular complexity index is 1200. The summed E-state index contributed by atoms with van der Waals surface area (Å²) in [5, 5.41) is 11.3. The summed E-state index contributed by atoms with van der Waals surface area (Å²) in [7, 11) is 0. The predicted molar refractivity (Wildman–Crippen MR) is 139 cm³/mol. The van der Waals surface area contributed by atoms with Crippen LogP contribution >= 0.6 is 11.3 Å². The first-order valence-corrected chi connectivity index (χ1v) is 13.7. The van der Waals surface area contributed by atoms with Crippen molar-refractivity contribution in [2.45, 2.75) is 50.2 Å². The molecule has 3 aliphatic rings. The highest BCUT2D eigenvalue weighted by molar-refractivity contribution is 7.08. The largest absolute Gasteiger partial charge is 0.378 e. The van der Waals surface area contributed by atoms with Gasteiger partial charge in [0.1, 0.15) is 0 Å². The number of thiophene rings is 1. The number of anilines is 1. The van der Waals surface area contributed by atoms with E-state index in [4.69, 9.17) is 0 Å². The molecule has 1 aromatic heterocycles. The van der Waals surface area contributed by atoms with E-state index in [1.54, 1.807) is 11.3 Å². The minimum atomic E-state index is -0.170. The predicted octanol–water partition coefficient (Wildman–Crippen LogP) is 5.79. The van der Waals surface area contributed by atoms with E-state index < -0.39 is 0 Å². The Labute approximate surface area is 210 Å². The molecule has 2 unspecified atom stereocenters. The maximum atomic E-state index is 14.1. The van der Waals surface area contributed by atoms with Gasteiger partial charge in [-0.3, -0.25) is 9.59 Å². The highest BCUT2D eigenvalue weighted by Crippen LogP contribution is 2.52. The van der Waals surface area contributed by atoms with Gasteiger partial charge in [0.15, 0.2) is 0 Å². The van der Waals surface area contributed by atoms with Crippen LogP contribution < -0.4 is 10.6 Å². The lowest BCUT2D eigenvalue weighted by Crippen LogP contribution is -2.50. The maximum Gasteiger partial charge on any atom is 0.251 e. The van der Waals surface area contributed by atoms with Crippen LogP contribution in [0, 0.1) is 11.8 Å². The van der Waals surface area contributed by atoms with Crippen LogP contribution in [0.4, 0.5) is 5.69 Å². The van der Waals surface area contributed by atoms with Gasteiger partial charge in [0.25, 0.3) is 5.91 Å². The normalized spacial score (nSPS) is 27.4. The lowest BCUT2D eigenvalue weighted by molar-refractivity contribution is -0.138. The van der Waals surface area contributed by atoms with Gasteiger partial charge in [-0.1, -0.05) is 49.2 Å². The molecule has 35 heavy (non-hydrogen) atoms. The first kappa shape index (κ1) is 22.4. The first-order valence-electron chi connectivity index (χ1n) is 12.7. The molecule has 2 amide bonds. The number of amides is 2. The molecule has 1 saturated carbocycles. The zero-order valence-corrected chi connectivity index (χ0v) is 20.5. The second-order valence-corrected chi connectivity index (χ2v) is 10.8. The fraction of sp³-hybridized carbons (Fsp3) is 0.379. The highest BCUT2D eigenvalue weighted by Gasteiger charge is 2.48. The summed E-state index contributed by atoms with van der Waals surface area (Å²) < 4.78 is 0. The van der Waals surface area contributed by atoms with Crippen LogP contribution in [0.5, 0.6) is 0 Å². The molecule has 0 bridgehead atoms. The minimum absolute atomic E-state index is 0.0669. The van der Waals surface area contributed by atoms with Gasteiger partial charge >= 0.3 is 0 Å². The van der Waals surface area contributed by atoms with Crippen molar-refractivity contribution in [3.8, 4) is 0 Å². The number of likely N-dealkylation sites (tertiary alicyclic amines) is 1. The third-order valence-electron chi connectivity index (χ3n) is 8.08. The Balaban J connectivity index is 1.27. The van der Waals surface area contributed by atoms with Crippen LogP contribution in [0.2, 0.25) is 0 Å². The molecule has 6 rings (SSSR count). The fourth-order valence-corrected chi connectivity index (χ4v) is 7.10. The average Bonchev–Trinajstić information content (AvgIpc) is 3.60. The van der Waals surface area contributed by atoms with Crippen LogP contribution in [-0.4, -0.2) is 29.3 Å². The van der Waals surface area contributed by atoms with Crippen molar-refractivity contribution in [1.29, 1.82) is 0 Å². The molecule has 1 aliphatic carbocycles. The number of carbonyl (C=O) groups excluding carboxylic acids is 2. The number of hydrogen-bond donors (Lipinski definition) is 2. The van der Waals surface area contributed by atoms with Gasteiger partial charge in [-0.25, -0.2) is 0 Å². The molecule has 180 valence electrons. The number of rotatable bonds is 4. The second-order valence-electron chi connectivity index (χ2n) is 10.0. The van der Waals surface area contributed by atoms with Gasteiger partial charge < -0.3 is 15.5 Å². The summed E-state index contributed by atoms with van der Waals surface area (Å²) in [5.41, 5.74) is 4.30. The standard InChI is InChI=1S/C29H31N3O2S/c33-28(19-8-2-1-3-9-19)31-25-13-7-5-11-22(25)29(34)32-16-14-23-26(20-15-17-35-18-20)30-24-12-6-4-10-21(24)27(23)32/h1-4,6,8-10,12,15,17-18,22-23,25-27,30H,5,7,11,13-14,16H2,(H,31,33)/t22-,23?,25+,26+,27?/m0/s1. The Hall–Kier alpha value is -3.12. The summed E-state index contributed by atoms with van der Waals surface area (Å²) in [5.74, 6) is 0.289. The monoisotopic (exact) mass is 485 g/mol. The average molecular weight is 486 g/mol. The highest BCUT2D eigenvalue weighted by atomic mass is 32.1. The second kappa shape index (κ2) is 9.50. The lowest BCUT2D eigenvalue weighted by Gasteiger charge is -2.41. The van der Waals surface area contributed by atoms with Crippen molar-refractivity contribution in [3.05, 3.63) is 88.1 Å². The Morgan fingerprint density at radius 1 is 0.943 bits per heavy atom. The number of fused-ring (bicyclic) bond motifs is 3. The summed E-state index contributed by atoms with van der Waals surface area (Å²) >= 11 is 1.72. The molecule has 5 atom stereocenters. The van der Waals surface area contributed by atoms with Crippen molar-refractivity contribution in [1.82, 2.24) is 10.2 Å². The summed E-state index contributed by atoms with van der Waals surface area (Å²) in [6, 6.07) is 20.1. The summed E-state index contributed by atoms with van der Waals surface area (Å²) in [6.07, 6.45) is 4.74. The molecule has 2 aliphatic heterocycles. The first-order chi connectivity index (χ1) is 17.2. The van der Waals surface area contributed by atoms with Crippen LogP contribution in [0.25, 0.3) is 0 Å². The Kier molecular flexibility index (Phi) is 6.06. The van der Waals surface area contributed by atoms with E-state index in [1.807, 2.05) is 30.3 Å². The molecule has 6 heteroatoms. The Morgan fingerprint density at radius 3 is 2.57 bits per heavy atom. The van der Waals surface area contributed by atoms with E-state index in [2.05, 4.69) is 56.6 Å². The van der Waals surface area contributed by atoms with Crippen LogP contribution in [0.3, 0.4) is 0 Å². The number of benzene rings is 2. The molecule has 0 spiro atoms. The minimum Gasteiger partial charge on any atom is -0.378 e. The number of nitrogens with zero attached hydrogens (tertiary/aromatic N) is 1. The molecule has 2 aromatic carbocycles. The van der Waals surface area contributed by atoms with E-state index in [-0.39, 0.29) is 35.9 Å². The maximum absolute atomic E-state index is 14.1. The van der Waals surface area contributed by atoms with Gasteiger partial charge in [0.05, 0.1) is 18.0 Å². The molecular weight excluding hydrogens is 454 g/mol. The van der Waals surface area contributed by atoms with Crippen LogP contribution in [0.15, 0.2) is 71.4 Å². The SMILES string of the molecule is O=C(N[C@@H]1CCCC[C@@H]1C(=O)N1CCC2C1c1ccccc1N[C@@H]2c1ccsc1)c1ccccc1. The van der Waals surface area contributed by atoms with Crippen molar-refractivity contribution < 1.29 is 9.59 Å². The summed E-state index contributed by atoms with van der Waals surface area (Å²) in [6.45, 7) is 0.765. The van der Waals surface area contributed by atoms with E-state index in [0.717, 1.165) is 44.3 Å². The van der Waals surface area contributed by atoms with Gasteiger partial charge in [-0.05, 0) is 65.4 Å². The summed E-state index contributed by atoms with van der Waals surface area (Å²) in [4.78, 5) is 29.2. The van der Waals surface area contributed by atoms with Crippen molar-refractivity contribution >= 4 is 28.8 Å². The molecule has 3 aromatic rings. The lowest BCUT2D eigenvalue weighted by atomic mass is 9.79. The molecule has 2 fully saturated rings.